The van der Waals surface area contributed by atoms with Crippen molar-refractivity contribution in [3.63, 3.8) is 0 Å². The van der Waals surface area contributed by atoms with Crippen LogP contribution in [0.15, 0.2) is 0 Å². The van der Waals surface area contributed by atoms with Crippen molar-refractivity contribution < 1.29 is 23.8 Å². The quantitative estimate of drug-likeness (QED) is 0.728. The van der Waals surface area contributed by atoms with E-state index in [1.165, 1.54) is 4.90 Å². The molecule has 1 fully saturated rings. The van der Waals surface area contributed by atoms with Crippen LogP contribution in [0.5, 0.6) is 0 Å². The van der Waals surface area contributed by atoms with E-state index in [1.54, 1.807) is 0 Å². The minimum Gasteiger partial charge on any atom is -0.444 e. The van der Waals surface area contributed by atoms with E-state index in [9.17, 15) is 9.59 Å². The lowest BCUT2D eigenvalue weighted by Gasteiger charge is -2.39. The number of likely N-dealkylation sites (tertiary alicyclic amines) is 1. The Morgan fingerprint density at radius 3 is 2.09 bits per heavy atom. The van der Waals surface area contributed by atoms with E-state index in [0.29, 0.717) is 39.5 Å². The second kappa shape index (κ2) is 9.08. The molecule has 134 valence electrons. The largest absolute Gasteiger partial charge is 0.444 e. The predicted molar refractivity (Wildman–Crippen MR) is 86.2 cm³/mol. The molecular weight excluding hydrogens is 300 g/mol. The van der Waals surface area contributed by atoms with Crippen molar-refractivity contribution in [2.75, 3.05) is 39.5 Å². The van der Waals surface area contributed by atoms with Crippen LogP contribution in [-0.2, 0) is 19.0 Å². The first kappa shape index (κ1) is 19.7. The Balaban J connectivity index is 2.36. The lowest BCUT2D eigenvalue weighted by molar-refractivity contribution is -0.131. The van der Waals surface area contributed by atoms with Crippen LogP contribution in [0.4, 0.5) is 4.79 Å². The standard InChI is InChI=1S/C16H30N2O5/c1-6-21-10-13(11-22-7-2)17-14(19)12-8-18(9-12)15(20)23-16(3,4)5/h12-13H,6-11H2,1-5H3,(H,17,19). The third-order valence-electron chi connectivity index (χ3n) is 3.30. The molecular formula is C16H30N2O5. The maximum atomic E-state index is 12.2. The number of carbonyl (C=O) groups excluding carboxylic acids is 2. The summed E-state index contributed by atoms with van der Waals surface area (Å²) >= 11 is 0. The smallest absolute Gasteiger partial charge is 0.410 e. The Labute approximate surface area is 138 Å². The summed E-state index contributed by atoms with van der Waals surface area (Å²) in [5.74, 6) is -0.275. The van der Waals surface area contributed by atoms with Gasteiger partial charge in [-0.05, 0) is 34.6 Å². The molecule has 0 aliphatic carbocycles. The monoisotopic (exact) mass is 330 g/mol. The molecule has 1 rings (SSSR count). The van der Waals surface area contributed by atoms with Crippen molar-refractivity contribution in [2.45, 2.75) is 46.3 Å². The molecule has 1 N–H and O–H groups in total. The molecule has 23 heavy (non-hydrogen) atoms. The van der Waals surface area contributed by atoms with Gasteiger partial charge in [-0.1, -0.05) is 0 Å². The Morgan fingerprint density at radius 1 is 1.13 bits per heavy atom. The summed E-state index contributed by atoms with van der Waals surface area (Å²) in [6.07, 6.45) is -0.373. The second-order valence-electron chi connectivity index (χ2n) is 6.61. The van der Waals surface area contributed by atoms with E-state index in [0.717, 1.165) is 0 Å². The van der Waals surface area contributed by atoms with Crippen LogP contribution in [0.1, 0.15) is 34.6 Å². The maximum absolute atomic E-state index is 12.2. The van der Waals surface area contributed by atoms with E-state index in [1.807, 2.05) is 34.6 Å². The fraction of sp³-hybridized carbons (Fsp3) is 0.875. The number of rotatable bonds is 8. The number of hydrogen-bond acceptors (Lipinski definition) is 5. The minimum absolute atomic E-state index is 0.0748. The number of ether oxygens (including phenoxy) is 3. The normalized spacial score (nSPS) is 15.5. The van der Waals surface area contributed by atoms with Gasteiger partial charge in [0.1, 0.15) is 5.60 Å². The summed E-state index contributed by atoms with van der Waals surface area (Å²) in [6.45, 7) is 12.1. The lowest BCUT2D eigenvalue weighted by Crippen LogP contribution is -2.58. The molecule has 1 aliphatic heterocycles. The van der Waals surface area contributed by atoms with Crippen LogP contribution in [-0.4, -0.2) is 68.1 Å². The van der Waals surface area contributed by atoms with Crippen molar-refractivity contribution in [3.8, 4) is 0 Å². The number of carbonyl (C=O) groups is 2. The van der Waals surface area contributed by atoms with Crippen molar-refractivity contribution in [2.24, 2.45) is 5.92 Å². The molecule has 0 aromatic carbocycles. The Morgan fingerprint density at radius 2 is 1.65 bits per heavy atom. The van der Waals surface area contributed by atoms with Gasteiger partial charge in [0.25, 0.3) is 0 Å². The first-order valence-corrected chi connectivity index (χ1v) is 8.20. The van der Waals surface area contributed by atoms with Crippen LogP contribution in [0.3, 0.4) is 0 Å². The zero-order chi connectivity index (χ0) is 17.5. The Kier molecular flexibility index (Phi) is 7.78. The molecule has 1 heterocycles. The number of nitrogens with one attached hydrogen (secondary N) is 1. The highest BCUT2D eigenvalue weighted by Gasteiger charge is 2.38. The van der Waals surface area contributed by atoms with E-state index in [-0.39, 0.29) is 24.0 Å². The number of hydrogen-bond donors (Lipinski definition) is 1. The first-order chi connectivity index (χ1) is 10.8. The fourth-order valence-corrected chi connectivity index (χ4v) is 2.09. The van der Waals surface area contributed by atoms with Gasteiger partial charge in [0.2, 0.25) is 5.91 Å². The molecule has 7 heteroatoms. The first-order valence-electron chi connectivity index (χ1n) is 8.20. The summed E-state index contributed by atoms with van der Waals surface area (Å²) in [4.78, 5) is 25.6. The summed E-state index contributed by atoms with van der Waals surface area (Å²) in [7, 11) is 0. The molecule has 0 aromatic heterocycles. The highest BCUT2D eigenvalue weighted by atomic mass is 16.6. The van der Waals surface area contributed by atoms with Gasteiger partial charge >= 0.3 is 6.09 Å². The van der Waals surface area contributed by atoms with Crippen molar-refractivity contribution in [3.05, 3.63) is 0 Å². The fourth-order valence-electron chi connectivity index (χ4n) is 2.09. The van der Waals surface area contributed by atoms with E-state index in [4.69, 9.17) is 14.2 Å². The van der Waals surface area contributed by atoms with Gasteiger partial charge < -0.3 is 24.4 Å². The molecule has 0 atom stereocenters. The topological polar surface area (TPSA) is 77.1 Å². The molecule has 1 aliphatic rings. The summed E-state index contributed by atoms with van der Waals surface area (Å²) in [5, 5.41) is 2.93. The molecule has 0 saturated carbocycles. The predicted octanol–water partition coefficient (Wildman–Crippen LogP) is 1.41. The Bertz CT molecular complexity index is 380. The van der Waals surface area contributed by atoms with Crippen molar-refractivity contribution in [1.29, 1.82) is 0 Å². The zero-order valence-corrected chi connectivity index (χ0v) is 14.9. The molecule has 1 saturated heterocycles. The molecule has 0 spiro atoms. The van der Waals surface area contributed by atoms with Gasteiger partial charge in [0, 0.05) is 26.3 Å². The van der Waals surface area contributed by atoms with Crippen LogP contribution in [0.25, 0.3) is 0 Å². The minimum atomic E-state index is -0.523. The summed E-state index contributed by atoms with van der Waals surface area (Å²) < 4.78 is 16.0. The van der Waals surface area contributed by atoms with E-state index < -0.39 is 5.60 Å². The number of nitrogens with zero attached hydrogens (tertiary/aromatic N) is 1. The molecule has 0 radical (unpaired) electrons. The second-order valence-corrected chi connectivity index (χ2v) is 6.61. The zero-order valence-electron chi connectivity index (χ0n) is 14.9. The Hall–Kier alpha value is -1.34. The molecule has 7 nitrogen and oxygen atoms in total. The highest BCUT2D eigenvalue weighted by molar-refractivity contribution is 5.82. The molecule has 0 bridgehead atoms. The average molecular weight is 330 g/mol. The van der Waals surface area contributed by atoms with Crippen LogP contribution >= 0.6 is 0 Å². The van der Waals surface area contributed by atoms with Gasteiger partial charge in [-0.25, -0.2) is 4.79 Å². The molecule has 0 unspecified atom stereocenters. The SMILES string of the molecule is CCOCC(COCC)NC(=O)C1CN(C(=O)OC(C)(C)C)C1. The number of amides is 2. The van der Waals surface area contributed by atoms with E-state index in [2.05, 4.69) is 5.32 Å². The lowest BCUT2D eigenvalue weighted by atomic mass is 9.99. The third-order valence-corrected chi connectivity index (χ3v) is 3.30. The molecule has 0 aromatic rings. The highest BCUT2D eigenvalue weighted by Crippen LogP contribution is 2.19. The van der Waals surface area contributed by atoms with Crippen molar-refractivity contribution >= 4 is 12.0 Å². The van der Waals surface area contributed by atoms with Crippen LogP contribution in [0, 0.1) is 5.92 Å². The van der Waals surface area contributed by atoms with Gasteiger partial charge in [-0.3, -0.25) is 4.79 Å². The summed E-state index contributed by atoms with van der Waals surface area (Å²) in [5.41, 5.74) is -0.523. The molecule has 2 amide bonds. The van der Waals surface area contributed by atoms with Gasteiger partial charge in [0.05, 0.1) is 25.2 Å². The third kappa shape index (κ3) is 7.18. The van der Waals surface area contributed by atoms with E-state index >= 15 is 0 Å². The van der Waals surface area contributed by atoms with Crippen LogP contribution in [0.2, 0.25) is 0 Å². The van der Waals surface area contributed by atoms with Crippen LogP contribution < -0.4 is 5.32 Å². The van der Waals surface area contributed by atoms with Gasteiger partial charge in [-0.15, -0.1) is 0 Å². The summed E-state index contributed by atoms with van der Waals surface area (Å²) in [6, 6.07) is -0.169. The maximum Gasteiger partial charge on any atom is 0.410 e. The van der Waals surface area contributed by atoms with Gasteiger partial charge in [0.15, 0.2) is 0 Å². The average Bonchev–Trinajstić information content (AvgIpc) is 2.37. The van der Waals surface area contributed by atoms with Crippen molar-refractivity contribution in [1.82, 2.24) is 10.2 Å². The van der Waals surface area contributed by atoms with Gasteiger partial charge in [-0.2, -0.15) is 0 Å².